The third-order valence-corrected chi connectivity index (χ3v) is 3.97. The molecule has 0 spiro atoms. The lowest BCUT2D eigenvalue weighted by molar-refractivity contribution is -0.122. The summed E-state index contributed by atoms with van der Waals surface area (Å²) in [5.41, 5.74) is 0. The van der Waals surface area contributed by atoms with Gasteiger partial charge in [0.1, 0.15) is 19.0 Å². The standard InChI is InChI=1S/C15H26N2O4/c1-12-14(21-9-8-20-12)15(19)16-5-3-7-17-6-2-4-13(10-17)11-18/h13,18H,2-11H2,1H3,(H,16,19). The number of ether oxygens (including phenoxy) is 2. The Hall–Kier alpha value is -1.27. The first-order valence-corrected chi connectivity index (χ1v) is 7.78. The molecule has 0 aromatic carbocycles. The fraction of sp³-hybridized carbons (Fsp3) is 0.800. The lowest BCUT2D eigenvalue weighted by Gasteiger charge is -2.31. The quantitative estimate of drug-likeness (QED) is 0.698. The molecule has 0 aliphatic carbocycles. The minimum absolute atomic E-state index is 0.195. The van der Waals surface area contributed by atoms with E-state index in [0.29, 0.717) is 37.2 Å². The number of likely N-dealkylation sites (tertiary alicyclic amines) is 1. The van der Waals surface area contributed by atoms with Crippen molar-refractivity contribution in [1.29, 1.82) is 0 Å². The number of amides is 1. The first-order chi connectivity index (χ1) is 10.2. The van der Waals surface area contributed by atoms with Crippen LogP contribution in [0.2, 0.25) is 0 Å². The molecular formula is C15H26N2O4. The molecule has 1 unspecified atom stereocenters. The summed E-state index contributed by atoms with van der Waals surface area (Å²) in [5, 5.41) is 12.1. The van der Waals surface area contributed by atoms with Gasteiger partial charge in [-0.05, 0) is 45.2 Å². The highest BCUT2D eigenvalue weighted by molar-refractivity contribution is 5.91. The Labute approximate surface area is 126 Å². The SMILES string of the molecule is CC1=C(C(=O)NCCCN2CCCC(CO)C2)OCCO1. The average molecular weight is 298 g/mol. The number of carbonyl (C=O) groups excluding carboxylic acids is 1. The van der Waals surface area contributed by atoms with Crippen LogP contribution >= 0.6 is 0 Å². The van der Waals surface area contributed by atoms with E-state index in [1.165, 1.54) is 0 Å². The summed E-state index contributed by atoms with van der Waals surface area (Å²) in [4.78, 5) is 14.3. The summed E-state index contributed by atoms with van der Waals surface area (Å²) in [6.45, 7) is 6.58. The third kappa shape index (κ3) is 4.89. The Bertz CT molecular complexity index is 384. The maximum atomic E-state index is 11.9. The van der Waals surface area contributed by atoms with Crippen LogP contribution in [0.1, 0.15) is 26.2 Å². The molecule has 2 aliphatic heterocycles. The predicted octanol–water partition coefficient (Wildman–Crippen LogP) is 0.475. The Balaban J connectivity index is 1.64. The lowest BCUT2D eigenvalue weighted by Crippen LogP contribution is -2.38. The number of hydrogen-bond acceptors (Lipinski definition) is 5. The molecule has 2 heterocycles. The Morgan fingerprint density at radius 1 is 1.43 bits per heavy atom. The molecule has 21 heavy (non-hydrogen) atoms. The van der Waals surface area contributed by atoms with Crippen molar-refractivity contribution >= 4 is 5.91 Å². The summed E-state index contributed by atoms with van der Waals surface area (Å²) < 4.78 is 10.6. The number of piperidine rings is 1. The predicted molar refractivity (Wildman–Crippen MR) is 78.5 cm³/mol. The average Bonchev–Trinajstić information content (AvgIpc) is 2.52. The molecule has 0 aromatic heterocycles. The molecule has 0 radical (unpaired) electrons. The molecular weight excluding hydrogens is 272 g/mol. The second kappa shape index (κ2) is 8.24. The van der Waals surface area contributed by atoms with Gasteiger partial charge < -0.3 is 24.8 Å². The van der Waals surface area contributed by atoms with Gasteiger partial charge in [-0.2, -0.15) is 0 Å². The molecule has 6 nitrogen and oxygen atoms in total. The summed E-state index contributed by atoms with van der Waals surface area (Å²) in [5.74, 6) is 1.08. The van der Waals surface area contributed by atoms with Gasteiger partial charge >= 0.3 is 0 Å². The number of nitrogens with zero attached hydrogens (tertiary/aromatic N) is 1. The topological polar surface area (TPSA) is 71.0 Å². The van der Waals surface area contributed by atoms with Crippen LogP contribution in [0, 0.1) is 5.92 Å². The van der Waals surface area contributed by atoms with Crippen LogP contribution in [0.3, 0.4) is 0 Å². The van der Waals surface area contributed by atoms with Gasteiger partial charge in [0.25, 0.3) is 5.91 Å². The van der Waals surface area contributed by atoms with E-state index in [1.54, 1.807) is 6.92 Å². The van der Waals surface area contributed by atoms with Crippen molar-refractivity contribution in [3.05, 3.63) is 11.5 Å². The molecule has 2 aliphatic rings. The highest BCUT2D eigenvalue weighted by Gasteiger charge is 2.20. The van der Waals surface area contributed by atoms with Crippen molar-refractivity contribution in [2.45, 2.75) is 26.2 Å². The van der Waals surface area contributed by atoms with Crippen molar-refractivity contribution in [2.75, 3.05) is 46.0 Å². The fourth-order valence-corrected chi connectivity index (χ4v) is 2.82. The van der Waals surface area contributed by atoms with Gasteiger partial charge in [-0.3, -0.25) is 4.79 Å². The van der Waals surface area contributed by atoms with Crippen LogP contribution in [0.15, 0.2) is 11.5 Å². The van der Waals surface area contributed by atoms with Gasteiger partial charge in [0, 0.05) is 19.7 Å². The van der Waals surface area contributed by atoms with E-state index in [0.717, 1.165) is 38.9 Å². The van der Waals surface area contributed by atoms with Crippen molar-refractivity contribution in [1.82, 2.24) is 10.2 Å². The Morgan fingerprint density at radius 2 is 2.24 bits per heavy atom. The van der Waals surface area contributed by atoms with Gasteiger partial charge in [-0.1, -0.05) is 0 Å². The molecule has 6 heteroatoms. The molecule has 2 N–H and O–H groups in total. The number of allylic oxidation sites excluding steroid dienone is 1. The van der Waals surface area contributed by atoms with Gasteiger partial charge in [0.15, 0.2) is 0 Å². The minimum Gasteiger partial charge on any atom is -0.491 e. The monoisotopic (exact) mass is 298 g/mol. The zero-order chi connectivity index (χ0) is 15.1. The lowest BCUT2D eigenvalue weighted by atomic mass is 9.99. The van der Waals surface area contributed by atoms with Crippen molar-refractivity contribution < 1.29 is 19.4 Å². The second-order valence-electron chi connectivity index (χ2n) is 5.68. The highest BCUT2D eigenvalue weighted by atomic mass is 16.6. The molecule has 1 fully saturated rings. The van der Waals surface area contributed by atoms with Crippen molar-refractivity contribution in [3.63, 3.8) is 0 Å². The van der Waals surface area contributed by atoms with Crippen LogP contribution < -0.4 is 5.32 Å². The van der Waals surface area contributed by atoms with Crippen LogP contribution in [-0.4, -0.2) is 61.9 Å². The minimum atomic E-state index is -0.195. The number of hydrogen-bond donors (Lipinski definition) is 2. The zero-order valence-corrected chi connectivity index (χ0v) is 12.8. The molecule has 0 saturated carbocycles. The fourth-order valence-electron chi connectivity index (χ4n) is 2.82. The summed E-state index contributed by atoms with van der Waals surface area (Å²) >= 11 is 0. The molecule has 0 aromatic rings. The summed E-state index contributed by atoms with van der Waals surface area (Å²) in [6.07, 6.45) is 3.17. The Kier molecular flexibility index (Phi) is 6.32. The van der Waals surface area contributed by atoms with E-state index in [1.807, 2.05) is 0 Å². The van der Waals surface area contributed by atoms with Gasteiger partial charge in [0.05, 0.1) is 0 Å². The van der Waals surface area contributed by atoms with Crippen LogP contribution in [0.5, 0.6) is 0 Å². The van der Waals surface area contributed by atoms with E-state index < -0.39 is 0 Å². The number of aliphatic hydroxyl groups excluding tert-OH is 1. The largest absolute Gasteiger partial charge is 0.491 e. The Morgan fingerprint density at radius 3 is 3.00 bits per heavy atom. The van der Waals surface area contributed by atoms with Crippen LogP contribution in [0.4, 0.5) is 0 Å². The molecule has 1 atom stereocenters. The number of nitrogens with one attached hydrogen (secondary N) is 1. The highest BCUT2D eigenvalue weighted by Crippen LogP contribution is 2.16. The van der Waals surface area contributed by atoms with Gasteiger partial charge in [-0.15, -0.1) is 0 Å². The molecule has 2 rings (SSSR count). The normalized spacial score (nSPS) is 23.4. The number of rotatable bonds is 6. The second-order valence-corrected chi connectivity index (χ2v) is 5.68. The van der Waals surface area contributed by atoms with E-state index in [4.69, 9.17) is 9.47 Å². The number of aliphatic hydroxyl groups is 1. The summed E-state index contributed by atoms with van der Waals surface area (Å²) in [6, 6.07) is 0. The van der Waals surface area contributed by atoms with Gasteiger partial charge in [0.2, 0.25) is 5.76 Å². The van der Waals surface area contributed by atoms with Crippen molar-refractivity contribution in [2.24, 2.45) is 5.92 Å². The van der Waals surface area contributed by atoms with Crippen molar-refractivity contribution in [3.8, 4) is 0 Å². The van der Waals surface area contributed by atoms with Gasteiger partial charge in [-0.25, -0.2) is 0 Å². The maximum Gasteiger partial charge on any atom is 0.289 e. The van der Waals surface area contributed by atoms with E-state index in [-0.39, 0.29) is 12.5 Å². The van der Waals surface area contributed by atoms with E-state index in [9.17, 15) is 9.90 Å². The van der Waals surface area contributed by atoms with E-state index in [2.05, 4.69) is 10.2 Å². The molecule has 1 saturated heterocycles. The smallest absolute Gasteiger partial charge is 0.289 e. The maximum absolute atomic E-state index is 11.9. The van der Waals surface area contributed by atoms with E-state index >= 15 is 0 Å². The zero-order valence-electron chi connectivity index (χ0n) is 12.8. The summed E-state index contributed by atoms with van der Waals surface area (Å²) in [7, 11) is 0. The molecule has 0 bridgehead atoms. The number of carbonyl (C=O) groups is 1. The first-order valence-electron chi connectivity index (χ1n) is 7.78. The molecule has 1 amide bonds. The van der Waals surface area contributed by atoms with Crippen LogP contribution in [0.25, 0.3) is 0 Å². The third-order valence-electron chi connectivity index (χ3n) is 3.97. The van der Waals surface area contributed by atoms with Crippen LogP contribution in [-0.2, 0) is 14.3 Å². The first kappa shape index (κ1) is 16.1. The molecule has 120 valence electrons.